The molecule has 6 nitrogen and oxygen atoms in total. The molecule has 0 saturated carbocycles. The van der Waals surface area contributed by atoms with Gasteiger partial charge in [0.25, 0.3) is 0 Å². The predicted molar refractivity (Wildman–Crippen MR) is 106 cm³/mol. The maximum atomic E-state index is 11.8. The fraction of sp³-hybridized carbons (Fsp3) is 0.333. The first-order valence-electron chi connectivity index (χ1n) is 8.21. The summed E-state index contributed by atoms with van der Waals surface area (Å²) in [4.78, 5) is 0. The first-order valence-corrected chi connectivity index (χ1v) is 10.0. The third-order valence-corrected chi connectivity index (χ3v) is 5.53. The van der Waals surface area contributed by atoms with Crippen LogP contribution in [0.2, 0.25) is 5.02 Å². The first-order chi connectivity index (χ1) is 12.3. The Morgan fingerprint density at radius 1 is 1.15 bits per heavy atom. The molecular weight excluding hydrogens is 374 g/mol. The monoisotopic (exact) mass is 397 g/mol. The van der Waals surface area contributed by atoms with Crippen molar-refractivity contribution in [1.29, 1.82) is 0 Å². The number of aliphatic hydroxyl groups excluding tert-OH is 1. The maximum absolute atomic E-state index is 11.8. The van der Waals surface area contributed by atoms with Gasteiger partial charge in [-0.25, -0.2) is 0 Å². The lowest BCUT2D eigenvalue weighted by Gasteiger charge is -2.14. The average molecular weight is 398 g/mol. The molecule has 0 aromatic heterocycles. The third kappa shape index (κ3) is 6.26. The summed E-state index contributed by atoms with van der Waals surface area (Å²) >= 11 is 5.92. The summed E-state index contributed by atoms with van der Waals surface area (Å²) < 4.78 is 27.2. The van der Waals surface area contributed by atoms with Crippen molar-refractivity contribution < 1.29 is 13.5 Å². The van der Waals surface area contributed by atoms with Gasteiger partial charge in [-0.15, -0.1) is 0 Å². The highest BCUT2D eigenvalue weighted by Crippen LogP contribution is 2.17. The van der Waals surface area contributed by atoms with Crippen LogP contribution < -0.4 is 10.0 Å². The number of rotatable bonds is 9. The highest BCUT2D eigenvalue weighted by Gasteiger charge is 2.12. The molecule has 0 fully saturated rings. The SMILES string of the molecule is CN(C)S(=O)(=O)Nc1ccc(CCNCC(O)c2cccc(Cl)c2)cc1. The van der Waals surface area contributed by atoms with Crippen molar-refractivity contribution >= 4 is 27.5 Å². The molecule has 2 aromatic rings. The lowest BCUT2D eigenvalue weighted by molar-refractivity contribution is 0.175. The molecule has 0 bridgehead atoms. The zero-order valence-electron chi connectivity index (χ0n) is 14.8. The van der Waals surface area contributed by atoms with E-state index in [4.69, 9.17) is 11.6 Å². The summed E-state index contributed by atoms with van der Waals surface area (Å²) in [6.07, 6.45) is 0.153. The van der Waals surface area contributed by atoms with E-state index in [1.54, 1.807) is 24.3 Å². The van der Waals surface area contributed by atoms with Crippen LogP contribution in [0.5, 0.6) is 0 Å². The number of nitrogens with zero attached hydrogens (tertiary/aromatic N) is 1. The zero-order chi connectivity index (χ0) is 19.2. The van der Waals surface area contributed by atoms with E-state index in [0.717, 1.165) is 21.9 Å². The second-order valence-corrected chi connectivity index (χ2v) is 8.43. The predicted octanol–water partition coefficient (Wildman–Crippen LogP) is 2.42. The Morgan fingerprint density at radius 3 is 2.46 bits per heavy atom. The van der Waals surface area contributed by atoms with Gasteiger partial charge in [0, 0.05) is 31.4 Å². The van der Waals surface area contributed by atoms with Crippen LogP contribution >= 0.6 is 11.6 Å². The van der Waals surface area contributed by atoms with E-state index < -0.39 is 16.3 Å². The smallest absolute Gasteiger partial charge is 0.301 e. The Labute approximate surface area is 160 Å². The van der Waals surface area contributed by atoms with Gasteiger partial charge in [0.2, 0.25) is 0 Å². The molecule has 142 valence electrons. The van der Waals surface area contributed by atoms with Crippen molar-refractivity contribution in [3.63, 3.8) is 0 Å². The summed E-state index contributed by atoms with van der Waals surface area (Å²) in [6, 6.07) is 14.4. The first kappa shape index (κ1) is 20.7. The summed E-state index contributed by atoms with van der Waals surface area (Å²) in [5.74, 6) is 0. The van der Waals surface area contributed by atoms with E-state index >= 15 is 0 Å². The van der Waals surface area contributed by atoms with Crippen molar-refractivity contribution in [1.82, 2.24) is 9.62 Å². The van der Waals surface area contributed by atoms with Crippen LogP contribution in [0.1, 0.15) is 17.2 Å². The molecule has 0 saturated heterocycles. The molecule has 8 heteroatoms. The van der Waals surface area contributed by atoms with E-state index in [1.165, 1.54) is 14.1 Å². The van der Waals surface area contributed by atoms with Crippen LogP contribution in [0.25, 0.3) is 0 Å². The number of aliphatic hydroxyl groups is 1. The van der Waals surface area contributed by atoms with E-state index in [9.17, 15) is 13.5 Å². The second kappa shape index (κ2) is 9.34. The third-order valence-electron chi connectivity index (χ3n) is 3.84. The normalized spacial score (nSPS) is 13.0. The molecule has 1 atom stereocenters. The number of halogens is 1. The van der Waals surface area contributed by atoms with Crippen molar-refractivity contribution in [3.8, 4) is 0 Å². The van der Waals surface area contributed by atoms with Crippen molar-refractivity contribution in [2.75, 3.05) is 31.9 Å². The molecule has 0 aliphatic rings. The number of nitrogens with one attached hydrogen (secondary N) is 2. The zero-order valence-corrected chi connectivity index (χ0v) is 16.4. The van der Waals surface area contributed by atoms with Gasteiger partial charge in [0.15, 0.2) is 0 Å². The molecule has 3 N–H and O–H groups in total. The quantitative estimate of drug-likeness (QED) is 0.567. The van der Waals surface area contributed by atoms with Gasteiger partial charge in [0.1, 0.15) is 0 Å². The molecule has 2 rings (SSSR count). The molecule has 0 aliphatic carbocycles. The van der Waals surface area contributed by atoms with Crippen LogP contribution in [0.15, 0.2) is 48.5 Å². The van der Waals surface area contributed by atoms with Crippen LogP contribution in [0.4, 0.5) is 5.69 Å². The van der Waals surface area contributed by atoms with Crippen molar-refractivity contribution in [2.24, 2.45) is 0 Å². The van der Waals surface area contributed by atoms with Crippen LogP contribution in [0.3, 0.4) is 0 Å². The lowest BCUT2D eigenvalue weighted by atomic mass is 10.1. The number of hydrogen-bond acceptors (Lipinski definition) is 4. The van der Waals surface area contributed by atoms with Crippen LogP contribution in [-0.2, 0) is 16.6 Å². The molecule has 2 aromatic carbocycles. The molecule has 0 heterocycles. The van der Waals surface area contributed by atoms with Gasteiger partial charge in [-0.1, -0.05) is 35.9 Å². The highest BCUT2D eigenvalue weighted by molar-refractivity contribution is 7.90. The average Bonchev–Trinajstić information content (AvgIpc) is 2.59. The lowest BCUT2D eigenvalue weighted by Crippen LogP contribution is -2.28. The second-order valence-electron chi connectivity index (χ2n) is 6.11. The van der Waals surface area contributed by atoms with Crippen molar-refractivity contribution in [2.45, 2.75) is 12.5 Å². The summed E-state index contributed by atoms with van der Waals surface area (Å²) in [6.45, 7) is 1.13. The molecule has 1 unspecified atom stereocenters. The summed E-state index contributed by atoms with van der Waals surface area (Å²) in [5.41, 5.74) is 2.37. The minimum Gasteiger partial charge on any atom is -0.387 e. The Balaban J connectivity index is 1.78. The Bertz CT molecular complexity index is 811. The Morgan fingerprint density at radius 2 is 1.85 bits per heavy atom. The fourth-order valence-corrected chi connectivity index (χ4v) is 3.10. The van der Waals surface area contributed by atoms with Crippen LogP contribution in [-0.4, -0.2) is 45.0 Å². The molecule has 0 aliphatic heterocycles. The fourth-order valence-electron chi connectivity index (χ4n) is 2.28. The van der Waals surface area contributed by atoms with E-state index in [0.29, 0.717) is 23.8 Å². The summed E-state index contributed by atoms with van der Waals surface area (Å²) in [5, 5.41) is 14.0. The van der Waals surface area contributed by atoms with Crippen LogP contribution in [0, 0.1) is 0 Å². The number of hydrogen-bond donors (Lipinski definition) is 3. The Kier molecular flexibility index (Phi) is 7.43. The van der Waals surface area contributed by atoms with Gasteiger partial charge in [-0.2, -0.15) is 12.7 Å². The largest absolute Gasteiger partial charge is 0.387 e. The highest BCUT2D eigenvalue weighted by atomic mass is 35.5. The van der Waals surface area contributed by atoms with E-state index in [1.807, 2.05) is 24.3 Å². The minimum absolute atomic E-state index is 0.432. The van der Waals surface area contributed by atoms with Gasteiger partial charge in [0.05, 0.1) is 6.10 Å². The van der Waals surface area contributed by atoms with Crippen molar-refractivity contribution in [3.05, 3.63) is 64.7 Å². The Hall–Kier alpha value is -1.64. The molecular formula is C18H24ClN3O3S. The molecule has 0 spiro atoms. The van der Waals surface area contributed by atoms with E-state index in [2.05, 4.69) is 10.0 Å². The number of anilines is 1. The topological polar surface area (TPSA) is 81.7 Å². The van der Waals surface area contributed by atoms with Gasteiger partial charge in [-0.05, 0) is 48.4 Å². The summed E-state index contributed by atoms with van der Waals surface area (Å²) in [7, 11) is -0.545. The van der Waals surface area contributed by atoms with Gasteiger partial charge in [-0.3, -0.25) is 4.72 Å². The molecule has 0 amide bonds. The number of benzene rings is 2. The van der Waals surface area contributed by atoms with Gasteiger partial charge < -0.3 is 10.4 Å². The minimum atomic E-state index is -3.49. The van der Waals surface area contributed by atoms with Gasteiger partial charge >= 0.3 is 10.2 Å². The molecule has 0 radical (unpaired) electrons. The maximum Gasteiger partial charge on any atom is 0.301 e. The van der Waals surface area contributed by atoms with E-state index in [-0.39, 0.29) is 0 Å². The molecule has 26 heavy (non-hydrogen) atoms. The standard InChI is InChI=1S/C18H24ClN3O3S/c1-22(2)26(24,25)21-17-8-6-14(7-9-17)10-11-20-13-18(23)15-4-3-5-16(19)12-15/h3-9,12,18,20-21,23H,10-11,13H2,1-2H3.